The number of hydrogen-bond donors (Lipinski definition) is 0. The molecule has 5 aliphatic rings. The van der Waals surface area contributed by atoms with Crippen LogP contribution in [-0.4, -0.2) is 68.6 Å². The van der Waals surface area contributed by atoms with E-state index in [0.717, 1.165) is 42.9 Å². The van der Waals surface area contributed by atoms with E-state index in [9.17, 15) is 0 Å². The zero-order valence-corrected chi connectivity index (χ0v) is 16.2. The van der Waals surface area contributed by atoms with Crippen molar-refractivity contribution in [2.45, 2.75) is 44.3 Å². The molecule has 0 saturated carbocycles. The lowest BCUT2D eigenvalue weighted by molar-refractivity contribution is 0.0307. The van der Waals surface area contributed by atoms with Crippen LogP contribution in [-0.2, 0) is 11.3 Å². The molecule has 0 aliphatic carbocycles. The summed E-state index contributed by atoms with van der Waals surface area (Å²) >= 11 is 0. The lowest BCUT2D eigenvalue weighted by atomic mass is 9.94. The first-order chi connectivity index (χ1) is 13.3. The summed E-state index contributed by atoms with van der Waals surface area (Å²) in [5, 5.41) is 0. The second-order valence-electron chi connectivity index (χ2n) is 8.34. The molecular weight excluding hydrogens is 344 g/mol. The van der Waals surface area contributed by atoms with Crippen LogP contribution >= 0.6 is 0 Å². The van der Waals surface area contributed by atoms with Gasteiger partial charge >= 0.3 is 0 Å². The topological polar surface area (TPSA) is 43.4 Å². The highest BCUT2D eigenvalue weighted by molar-refractivity contribution is 5.51. The van der Waals surface area contributed by atoms with Crippen molar-refractivity contribution < 1.29 is 18.9 Å². The van der Waals surface area contributed by atoms with Gasteiger partial charge in [-0.1, -0.05) is 0 Å². The molecule has 27 heavy (non-hydrogen) atoms. The van der Waals surface area contributed by atoms with E-state index in [1.54, 1.807) is 7.11 Å². The predicted molar refractivity (Wildman–Crippen MR) is 101 cm³/mol. The summed E-state index contributed by atoms with van der Waals surface area (Å²) in [4.78, 5) is 5.44. The van der Waals surface area contributed by atoms with Gasteiger partial charge < -0.3 is 18.9 Å². The molecule has 0 spiro atoms. The second-order valence-corrected chi connectivity index (χ2v) is 8.34. The summed E-state index contributed by atoms with van der Waals surface area (Å²) in [5.74, 6) is 3.31. The highest BCUT2D eigenvalue weighted by Crippen LogP contribution is 2.40. The molecule has 4 fully saturated rings. The normalized spacial score (nSPS) is 29.1. The molecule has 0 aromatic heterocycles. The largest absolute Gasteiger partial charge is 0.496 e. The minimum absolute atomic E-state index is 0.302. The maximum atomic E-state index is 5.65. The average Bonchev–Trinajstić information content (AvgIpc) is 2.96. The number of rotatable bonds is 4. The van der Waals surface area contributed by atoms with Gasteiger partial charge in [0.15, 0.2) is 11.5 Å². The van der Waals surface area contributed by atoms with Gasteiger partial charge in [0.25, 0.3) is 0 Å². The van der Waals surface area contributed by atoms with Crippen molar-refractivity contribution in [2.24, 2.45) is 5.92 Å². The minimum Gasteiger partial charge on any atom is -0.496 e. The summed E-state index contributed by atoms with van der Waals surface area (Å²) in [7, 11) is 1.74. The van der Waals surface area contributed by atoms with E-state index in [0.29, 0.717) is 18.9 Å². The van der Waals surface area contributed by atoms with E-state index < -0.39 is 0 Å². The lowest BCUT2D eigenvalue weighted by Crippen LogP contribution is -2.45. The summed E-state index contributed by atoms with van der Waals surface area (Å²) in [5.41, 5.74) is 1.20. The fraction of sp³-hybridized carbons (Fsp3) is 0.714. The first-order valence-electron chi connectivity index (χ1n) is 10.3. The Hall–Kier alpha value is -1.50. The molecule has 1 aromatic rings. The van der Waals surface area contributed by atoms with E-state index in [2.05, 4.69) is 15.9 Å². The molecular formula is C21H30N2O4. The van der Waals surface area contributed by atoms with E-state index in [-0.39, 0.29) is 0 Å². The average molecular weight is 374 g/mol. The van der Waals surface area contributed by atoms with E-state index >= 15 is 0 Å². The van der Waals surface area contributed by atoms with Gasteiger partial charge in [0.05, 0.1) is 7.11 Å². The fourth-order valence-corrected chi connectivity index (χ4v) is 5.26. The van der Waals surface area contributed by atoms with Crippen LogP contribution in [0, 0.1) is 5.92 Å². The van der Waals surface area contributed by atoms with Crippen molar-refractivity contribution in [3.8, 4) is 17.2 Å². The molecule has 1 aromatic carbocycles. The van der Waals surface area contributed by atoms with Crippen LogP contribution in [0.3, 0.4) is 0 Å². The van der Waals surface area contributed by atoms with Gasteiger partial charge in [-0.3, -0.25) is 9.80 Å². The Morgan fingerprint density at radius 2 is 1.78 bits per heavy atom. The van der Waals surface area contributed by atoms with Gasteiger partial charge in [-0.05, 0) is 37.7 Å². The first kappa shape index (κ1) is 17.6. The number of hydrogen-bond acceptors (Lipinski definition) is 6. The molecule has 5 heterocycles. The van der Waals surface area contributed by atoms with Gasteiger partial charge in [0, 0.05) is 63.1 Å². The first-order valence-corrected chi connectivity index (χ1v) is 10.3. The third-order valence-corrected chi connectivity index (χ3v) is 6.71. The number of ether oxygens (including phenoxy) is 4. The van der Waals surface area contributed by atoms with Crippen LogP contribution < -0.4 is 14.2 Å². The maximum Gasteiger partial charge on any atom is 0.231 e. The third-order valence-electron chi connectivity index (χ3n) is 6.71. The monoisotopic (exact) mass is 374 g/mol. The molecule has 2 bridgehead atoms. The van der Waals surface area contributed by atoms with Crippen molar-refractivity contribution in [3.05, 3.63) is 17.7 Å². The highest BCUT2D eigenvalue weighted by atomic mass is 16.7. The van der Waals surface area contributed by atoms with Gasteiger partial charge in [0.2, 0.25) is 6.79 Å². The van der Waals surface area contributed by atoms with E-state index in [1.807, 2.05) is 6.07 Å². The van der Waals surface area contributed by atoms with Crippen LogP contribution in [0.5, 0.6) is 17.2 Å². The smallest absolute Gasteiger partial charge is 0.231 e. The molecule has 5 aliphatic heterocycles. The van der Waals surface area contributed by atoms with E-state index in [1.165, 1.54) is 50.9 Å². The molecule has 0 N–H and O–H groups in total. The zero-order chi connectivity index (χ0) is 18.2. The number of nitrogens with zero attached hydrogens (tertiary/aromatic N) is 2. The van der Waals surface area contributed by atoms with Crippen molar-refractivity contribution >= 4 is 0 Å². The fourth-order valence-electron chi connectivity index (χ4n) is 5.26. The minimum atomic E-state index is 0.302. The quantitative estimate of drug-likeness (QED) is 0.807. The second kappa shape index (κ2) is 7.49. The van der Waals surface area contributed by atoms with Crippen LogP contribution in [0.15, 0.2) is 12.1 Å². The van der Waals surface area contributed by atoms with Crippen molar-refractivity contribution in [1.82, 2.24) is 9.80 Å². The molecule has 0 amide bonds. The maximum absolute atomic E-state index is 5.65. The Balaban J connectivity index is 1.33. The van der Waals surface area contributed by atoms with Gasteiger partial charge in [0.1, 0.15) is 5.75 Å². The predicted octanol–water partition coefficient (Wildman–Crippen LogP) is 2.50. The number of methoxy groups -OCH3 is 1. The highest BCUT2D eigenvalue weighted by Gasteiger charge is 2.37. The Kier molecular flexibility index (Phi) is 4.88. The molecule has 0 unspecified atom stereocenters. The van der Waals surface area contributed by atoms with Crippen LogP contribution in [0.4, 0.5) is 0 Å². The van der Waals surface area contributed by atoms with Gasteiger partial charge in [-0.25, -0.2) is 0 Å². The van der Waals surface area contributed by atoms with Crippen molar-refractivity contribution in [2.75, 3.05) is 46.8 Å². The Bertz CT molecular complexity index is 676. The molecule has 0 radical (unpaired) electrons. The van der Waals surface area contributed by atoms with E-state index in [4.69, 9.17) is 18.9 Å². The summed E-state index contributed by atoms with van der Waals surface area (Å²) < 4.78 is 22.3. The van der Waals surface area contributed by atoms with Gasteiger partial charge in [-0.15, -0.1) is 0 Å². The number of benzene rings is 1. The van der Waals surface area contributed by atoms with Crippen molar-refractivity contribution in [1.29, 1.82) is 0 Å². The van der Waals surface area contributed by atoms with Crippen LogP contribution in [0.1, 0.15) is 31.2 Å². The van der Waals surface area contributed by atoms with Crippen LogP contribution in [0.25, 0.3) is 0 Å². The standard InChI is InChI=1S/C21H30N2O4/c1-24-19-9-21-20(26-14-27-21)8-16(19)12-22-10-15-2-3-18(22)13-23(11-15)17-4-6-25-7-5-17/h8-9,15,17-18H,2-7,10-14H2,1H3/t15-,18-/m1/s1. The molecule has 6 rings (SSSR count). The molecule has 4 saturated heterocycles. The Labute approximate surface area is 161 Å². The summed E-state index contributed by atoms with van der Waals surface area (Å²) in [6.07, 6.45) is 5.04. The van der Waals surface area contributed by atoms with Gasteiger partial charge in [-0.2, -0.15) is 0 Å². The third kappa shape index (κ3) is 3.50. The molecule has 148 valence electrons. The van der Waals surface area contributed by atoms with Crippen molar-refractivity contribution in [3.63, 3.8) is 0 Å². The zero-order valence-electron chi connectivity index (χ0n) is 16.2. The van der Waals surface area contributed by atoms with Crippen LogP contribution in [0.2, 0.25) is 0 Å². The number of piperidine rings is 1. The number of fused-ring (bicyclic) bond motifs is 5. The molecule has 6 heteroatoms. The molecule has 2 atom stereocenters. The Morgan fingerprint density at radius 1 is 0.963 bits per heavy atom. The lowest BCUT2D eigenvalue weighted by Gasteiger charge is -2.37. The molecule has 6 nitrogen and oxygen atoms in total. The summed E-state index contributed by atoms with van der Waals surface area (Å²) in [6, 6.07) is 5.42. The SMILES string of the molecule is COc1cc2c(cc1CN1C[C@H]3CC[C@@H]1CN(C1CCOCC1)C3)OCO2. The Morgan fingerprint density at radius 3 is 2.59 bits per heavy atom. The summed E-state index contributed by atoms with van der Waals surface area (Å²) in [6.45, 7) is 6.69.